The highest BCUT2D eigenvalue weighted by atomic mass is 16.7. The number of ether oxygens (including phenoxy) is 6. The number of hydrogen-bond donors (Lipinski definition) is 0. The molecule has 1 aromatic carbocycles. The summed E-state index contributed by atoms with van der Waals surface area (Å²) in [4.78, 5) is 59.7. The number of nitrogens with zero attached hydrogens (tertiary/aromatic N) is 2. The number of amides is 1. The molecular formula is C31H36N2O10. The van der Waals surface area contributed by atoms with Gasteiger partial charge in [0, 0.05) is 18.9 Å². The predicted molar refractivity (Wildman–Crippen MR) is 152 cm³/mol. The molecule has 1 aliphatic heterocycles. The van der Waals surface area contributed by atoms with Crippen LogP contribution in [-0.4, -0.2) is 73.8 Å². The fourth-order valence-corrected chi connectivity index (χ4v) is 4.41. The number of esters is 3. The molecule has 4 rings (SSSR count). The molecule has 2 fully saturated rings. The van der Waals surface area contributed by atoms with Crippen molar-refractivity contribution >= 4 is 29.5 Å². The average Bonchev–Trinajstić information content (AvgIpc) is 3.84. The van der Waals surface area contributed by atoms with Crippen LogP contribution in [-0.2, 0) is 39.8 Å². The average molecular weight is 597 g/mol. The summed E-state index contributed by atoms with van der Waals surface area (Å²) in [5, 5.41) is 0. The Balaban J connectivity index is 1.57. The van der Waals surface area contributed by atoms with E-state index in [1.807, 2.05) is 44.2 Å². The van der Waals surface area contributed by atoms with Crippen LogP contribution in [0.3, 0.4) is 0 Å². The summed E-state index contributed by atoms with van der Waals surface area (Å²) >= 11 is 0. The lowest BCUT2D eigenvalue weighted by molar-refractivity contribution is -0.163. The number of rotatable bonds is 11. The number of benzene rings is 1. The molecule has 2 unspecified atom stereocenters. The Bertz CT molecular complexity index is 1340. The molecule has 2 aliphatic rings. The second-order valence-electron chi connectivity index (χ2n) is 10.8. The van der Waals surface area contributed by atoms with E-state index in [9.17, 15) is 19.2 Å². The van der Waals surface area contributed by atoms with Crippen LogP contribution in [0.4, 0.5) is 0 Å². The molecule has 0 radical (unpaired) electrons. The third-order valence-electron chi connectivity index (χ3n) is 6.80. The van der Waals surface area contributed by atoms with Gasteiger partial charge in [0.05, 0.1) is 18.9 Å². The van der Waals surface area contributed by atoms with Gasteiger partial charge in [0.15, 0.2) is 22.9 Å². The SMILES string of the molecule is COc1ccnc(C(=O)N=C2COC(=O)C(Cc3ccccc3)C(OCC(C)C)[C@H](C)OC2=O)c1OCOC(=O)C1CC1. The summed E-state index contributed by atoms with van der Waals surface area (Å²) in [6, 6.07) is 10.8. The molecule has 2 aromatic rings. The minimum absolute atomic E-state index is 0.130. The first kappa shape index (κ1) is 31.6. The zero-order valence-electron chi connectivity index (χ0n) is 24.6. The Morgan fingerprint density at radius 3 is 2.53 bits per heavy atom. The number of carbonyl (C=O) groups excluding carboxylic acids is 4. The van der Waals surface area contributed by atoms with Gasteiger partial charge in [-0.2, -0.15) is 0 Å². The maximum atomic E-state index is 13.4. The fraction of sp³-hybridized carbons (Fsp3) is 0.484. The first-order chi connectivity index (χ1) is 20.7. The summed E-state index contributed by atoms with van der Waals surface area (Å²) in [6.07, 6.45) is 1.41. The second kappa shape index (κ2) is 14.7. The van der Waals surface area contributed by atoms with Crippen molar-refractivity contribution in [2.75, 3.05) is 27.1 Å². The van der Waals surface area contributed by atoms with E-state index in [1.165, 1.54) is 19.4 Å². The first-order valence-corrected chi connectivity index (χ1v) is 14.1. The molecule has 1 saturated carbocycles. The quantitative estimate of drug-likeness (QED) is 0.214. The van der Waals surface area contributed by atoms with Crippen molar-refractivity contribution in [1.29, 1.82) is 0 Å². The molecule has 1 saturated heterocycles. The van der Waals surface area contributed by atoms with Crippen molar-refractivity contribution in [3.05, 3.63) is 53.9 Å². The molecule has 0 N–H and O–H groups in total. The summed E-state index contributed by atoms with van der Waals surface area (Å²) in [7, 11) is 1.36. The fourth-order valence-electron chi connectivity index (χ4n) is 4.41. The molecule has 1 amide bonds. The molecule has 2 heterocycles. The van der Waals surface area contributed by atoms with Crippen molar-refractivity contribution in [3.8, 4) is 11.5 Å². The summed E-state index contributed by atoms with van der Waals surface area (Å²) in [5.74, 6) is -3.73. The highest BCUT2D eigenvalue weighted by molar-refractivity contribution is 6.39. The van der Waals surface area contributed by atoms with Crippen molar-refractivity contribution in [2.45, 2.75) is 52.2 Å². The van der Waals surface area contributed by atoms with Gasteiger partial charge in [0.1, 0.15) is 18.8 Å². The topological polar surface area (TPSA) is 149 Å². The normalized spacial score (nSPS) is 21.7. The van der Waals surface area contributed by atoms with Crippen LogP contribution in [0.2, 0.25) is 0 Å². The largest absolute Gasteiger partial charge is 0.493 e. The number of carbonyl (C=O) groups is 4. The number of hydrogen-bond acceptors (Lipinski definition) is 11. The first-order valence-electron chi connectivity index (χ1n) is 14.1. The van der Waals surface area contributed by atoms with Crippen LogP contribution in [0.15, 0.2) is 47.6 Å². The molecule has 3 atom stereocenters. The summed E-state index contributed by atoms with van der Waals surface area (Å²) in [6.45, 7) is 4.79. The Kier molecular flexibility index (Phi) is 10.8. The van der Waals surface area contributed by atoms with Gasteiger partial charge < -0.3 is 28.4 Å². The third-order valence-corrected chi connectivity index (χ3v) is 6.80. The molecule has 0 spiro atoms. The van der Waals surface area contributed by atoms with E-state index in [0.29, 0.717) is 6.61 Å². The van der Waals surface area contributed by atoms with Gasteiger partial charge in [-0.15, -0.1) is 0 Å². The van der Waals surface area contributed by atoms with E-state index in [4.69, 9.17) is 28.4 Å². The lowest BCUT2D eigenvalue weighted by Crippen LogP contribution is -2.42. The Morgan fingerprint density at radius 2 is 1.86 bits per heavy atom. The van der Waals surface area contributed by atoms with Gasteiger partial charge in [-0.3, -0.25) is 14.4 Å². The molecule has 12 nitrogen and oxygen atoms in total. The zero-order valence-corrected chi connectivity index (χ0v) is 24.6. The molecule has 12 heteroatoms. The monoisotopic (exact) mass is 596 g/mol. The van der Waals surface area contributed by atoms with Crippen molar-refractivity contribution in [2.24, 2.45) is 22.7 Å². The smallest absolute Gasteiger partial charge is 0.356 e. The molecule has 1 aromatic heterocycles. The van der Waals surface area contributed by atoms with Crippen LogP contribution in [0.5, 0.6) is 11.5 Å². The minimum atomic E-state index is -0.981. The molecule has 230 valence electrons. The van der Waals surface area contributed by atoms with Gasteiger partial charge >= 0.3 is 17.9 Å². The van der Waals surface area contributed by atoms with Gasteiger partial charge in [0.25, 0.3) is 5.91 Å². The lowest BCUT2D eigenvalue weighted by Gasteiger charge is -2.30. The molecule has 0 bridgehead atoms. The van der Waals surface area contributed by atoms with Crippen LogP contribution in [0.25, 0.3) is 0 Å². The number of aromatic nitrogens is 1. The Morgan fingerprint density at radius 1 is 1.12 bits per heavy atom. The summed E-state index contributed by atoms with van der Waals surface area (Å²) < 4.78 is 33.2. The number of aliphatic imine (C=N–C) groups is 1. The van der Waals surface area contributed by atoms with E-state index in [-0.39, 0.29) is 35.4 Å². The van der Waals surface area contributed by atoms with E-state index >= 15 is 0 Å². The van der Waals surface area contributed by atoms with E-state index < -0.39 is 61.1 Å². The number of methoxy groups -OCH3 is 1. The maximum absolute atomic E-state index is 13.4. The van der Waals surface area contributed by atoms with Crippen molar-refractivity contribution in [1.82, 2.24) is 4.98 Å². The number of pyridine rings is 1. The Labute approximate surface area is 249 Å². The van der Waals surface area contributed by atoms with Crippen molar-refractivity contribution in [3.63, 3.8) is 0 Å². The zero-order chi connectivity index (χ0) is 30.9. The predicted octanol–water partition coefficient (Wildman–Crippen LogP) is 3.35. The molecule has 1 aliphatic carbocycles. The van der Waals surface area contributed by atoms with E-state index in [1.54, 1.807) is 6.92 Å². The van der Waals surface area contributed by atoms with Gasteiger partial charge in [0.2, 0.25) is 6.79 Å². The van der Waals surface area contributed by atoms with Gasteiger partial charge in [-0.1, -0.05) is 44.2 Å². The van der Waals surface area contributed by atoms with Crippen LogP contribution < -0.4 is 9.47 Å². The van der Waals surface area contributed by atoms with E-state index in [2.05, 4.69) is 9.98 Å². The van der Waals surface area contributed by atoms with E-state index in [0.717, 1.165) is 18.4 Å². The molecular weight excluding hydrogens is 560 g/mol. The van der Waals surface area contributed by atoms with Gasteiger partial charge in [-0.05, 0) is 37.7 Å². The summed E-state index contributed by atoms with van der Waals surface area (Å²) in [5.41, 5.74) is 0.134. The standard InChI is InChI=1S/C31H36N2O10/c1-18(2)15-39-26-19(3)43-31(37)23(16-40-30(36)22(26)14-20-8-6-5-7-9-20)33-28(34)25-27(24(38-4)12-13-32-25)41-17-42-29(35)21-10-11-21/h5-9,12-13,18-19,21-22,26H,10-11,14-17H2,1-4H3/t19-,22?,26?/m0/s1. The third kappa shape index (κ3) is 8.60. The maximum Gasteiger partial charge on any atom is 0.356 e. The minimum Gasteiger partial charge on any atom is -0.493 e. The second-order valence-corrected chi connectivity index (χ2v) is 10.8. The molecule has 43 heavy (non-hydrogen) atoms. The number of cyclic esters (lactones) is 2. The van der Waals surface area contributed by atoms with Gasteiger partial charge in [-0.25, -0.2) is 14.8 Å². The highest BCUT2D eigenvalue weighted by Gasteiger charge is 2.39. The van der Waals surface area contributed by atoms with Crippen LogP contribution >= 0.6 is 0 Å². The highest BCUT2D eigenvalue weighted by Crippen LogP contribution is 2.32. The van der Waals surface area contributed by atoms with Crippen molar-refractivity contribution < 1.29 is 47.6 Å². The Hall–Kier alpha value is -4.32. The van der Waals surface area contributed by atoms with Crippen LogP contribution in [0, 0.1) is 17.8 Å². The van der Waals surface area contributed by atoms with Crippen LogP contribution in [0.1, 0.15) is 49.7 Å². The lowest BCUT2D eigenvalue weighted by atomic mass is 9.91.